The number of fused-ring (bicyclic) bond motifs is 10. The summed E-state index contributed by atoms with van der Waals surface area (Å²) < 4.78 is 17.0. The van der Waals surface area contributed by atoms with Gasteiger partial charge in [0.25, 0.3) is 0 Å². The molecular weight excluding hydrogens is 1300 g/mol. The van der Waals surface area contributed by atoms with Crippen molar-refractivity contribution >= 4 is 107 Å². The minimum Gasteiger partial charge on any atom is 0 e. The second-order valence-corrected chi connectivity index (χ2v) is 32.7. The predicted octanol–water partition coefficient (Wildman–Crippen LogP) is 17.3. The first kappa shape index (κ1) is 55.7. The molecular formula is C79H62GeN5OPt-3. The summed E-state index contributed by atoms with van der Waals surface area (Å²) >= 11 is -3.82. The molecule has 0 N–H and O–H groups in total. The molecule has 0 bridgehead atoms. The summed E-state index contributed by atoms with van der Waals surface area (Å²) in [6.07, 6.45) is 5.52. The van der Waals surface area contributed by atoms with Crippen LogP contribution in [0.1, 0.15) is 52.7 Å². The number of nitrogens with zero attached hydrogens (tertiary/aromatic N) is 5. The number of aromatic nitrogens is 4. The van der Waals surface area contributed by atoms with E-state index in [-0.39, 0.29) is 31.9 Å². The third kappa shape index (κ3) is 9.49. The number of hydrogen-bond acceptors (Lipinski definition) is 4. The van der Waals surface area contributed by atoms with Crippen LogP contribution in [-0.2, 0) is 31.9 Å². The summed E-state index contributed by atoms with van der Waals surface area (Å²) in [5.41, 5.74) is 10.3. The van der Waals surface area contributed by atoms with E-state index in [1.807, 2.05) is 18.5 Å². The first-order valence-corrected chi connectivity index (χ1v) is 33.8. The van der Waals surface area contributed by atoms with E-state index < -0.39 is 13.3 Å². The molecule has 426 valence electrons. The molecule has 1 aliphatic rings. The fraction of sp³-hybridized carbons (Fsp3) is 0.101. The van der Waals surface area contributed by atoms with Crippen molar-refractivity contribution in [3.63, 3.8) is 0 Å². The number of benzene rings is 10. The zero-order chi connectivity index (χ0) is 58.3. The molecule has 14 aromatic rings. The van der Waals surface area contributed by atoms with Crippen molar-refractivity contribution in [2.24, 2.45) is 0 Å². The van der Waals surface area contributed by atoms with Gasteiger partial charge in [0.05, 0.1) is 0 Å². The van der Waals surface area contributed by atoms with E-state index in [0.29, 0.717) is 11.5 Å². The van der Waals surface area contributed by atoms with Gasteiger partial charge in [0, 0.05) is 38.5 Å². The van der Waals surface area contributed by atoms with Gasteiger partial charge in [-0.05, 0) is 34.6 Å². The predicted molar refractivity (Wildman–Crippen MR) is 361 cm³/mol. The largest absolute Gasteiger partial charge is 0 e. The summed E-state index contributed by atoms with van der Waals surface area (Å²) in [6.45, 7) is 16.0. The maximum atomic E-state index is 6.82. The molecule has 0 saturated carbocycles. The number of anilines is 2. The maximum Gasteiger partial charge on any atom is 0 e. The summed E-state index contributed by atoms with van der Waals surface area (Å²) in [7, 11) is 0. The van der Waals surface area contributed by atoms with Crippen LogP contribution in [0.5, 0.6) is 11.5 Å². The standard InChI is InChI=1S/C79H62GeN5O.Pt/c1-78(2,3)54-42-43-82-75(47-54)85-72-38-21-20-34-68(72)69-41-40-61(49-74(69)85)86-62-48-60(50-81-51-62)83-52-84-76-63(35-22-36-70(76)66-32-18-16-30-64(66)65-31-17-19-33-67(65)71-37-23-39-73(83)77(71)84)53-44-55(79(4,5)6)46-59(45-53)80(56-24-10-7-11-25-56,57-26-12-8-13-27-57)58-28-14-9-15-29-58;/h7-47,50-52H,1-6H3;/q-3;. The normalized spacial score (nSPS) is 12.5. The Morgan fingerprint density at radius 1 is 0.448 bits per heavy atom. The SMILES string of the molecule is CC(C)(C)c1cc(-c2cccc3c4ccccc4c4ccccc4c4cccc5c4n(c23)[CH-]N5c2[c-]c(Oc3[c-]c4c(cc3)c3ccccc3n4-c3cc(C(C)(C)C)ccn3)cnc2)c[c]([Ge]([c]2ccccc2)([c]2ccccc2)[c]2ccccc2)c1.[Pt]. The summed E-state index contributed by atoms with van der Waals surface area (Å²) in [5.74, 6) is 1.85. The molecule has 5 heterocycles. The van der Waals surface area contributed by atoms with Gasteiger partial charge in [0.15, 0.2) is 0 Å². The van der Waals surface area contributed by atoms with Crippen molar-refractivity contribution in [2.75, 3.05) is 4.90 Å². The molecule has 1 aliphatic heterocycles. The van der Waals surface area contributed by atoms with Gasteiger partial charge in [0.2, 0.25) is 0 Å². The van der Waals surface area contributed by atoms with Crippen LogP contribution >= 0.6 is 0 Å². The van der Waals surface area contributed by atoms with Gasteiger partial charge in [-0.25, -0.2) is 4.98 Å². The molecule has 0 aliphatic carbocycles. The number of para-hydroxylation sites is 3. The molecule has 0 spiro atoms. The summed E-state index contributed by atoms with van der Waals surface area (Å²) in [6, 6.07) is 97.2. The van der Waals surface area contributed by atoms with Gasteiger partial charge >= 0.3 is 373 Å². The van der Waals surface area contributed by atoms with E-state index in [1.54, 1.807) is 6.20 Å². The minimum absolute atomic E-state index is 0. The van der Waals surface area contributed by atoms with Crippen LogP contribution in [0.15, 0.2) is 261 Å². The van der Waals surface area contributed by atoms with E-state index in [1.165, 1.54) is 39.5 Å². The van der Waals surface area contributed by atoms with Gasteiger partial charge in [-0.15, -0.1) is 17.5 Å². The Labute approximate surface area is 525 Å². The molecule has 10 aromatic carbocycles. The number of hydrogen-bond donors (Lipinski definition) is 0. The summed E-state index contributed by atoms with van der Waals surface area (Å²) in [5, 5.41) is 9.09. The third-order valence-electron chi connectivity index (χ3n) is 17.4. The smallest absolute Gasteiger partial charge is 0 e. The van der Waals surface area contributed by atoms with E-state index in [4.69, 9.17) is 14.7 Å². The molecule has 0 atom stereocenters. The van der Waals surface area contributed by atoms with Gasteiger partial charge in [-0.3, -0.25) is 0 Å². The molecule has 4 aromatic heterocycles. The molecule has 0 amide bonds. The van der Waals surface area contributed by atoms with Crippen molar-refractivity contribution in [3.8, 4) is 28.4 Å². The second-order valence-electron chi connectivity index (χ2n) is 24.7. The van der Waals surface area contributed by atoms with Gasteiger partial charge in [-0.1, -0.05) is 44.5 Å². The monoisotopic (exact) mass is 1370 g/mol. The Hall–Kier alpha value is -9.20. The zero-order valence-electron chi connectivity index (χ0n) is 49.4. The quantitative estimate of drug-likeness (QED) is 0.107. The van der Waals surface area contributed by atoms with Crippen LogP contribution in [0.25, 0.3) is 82.1 Å². The Bertz CT molecular complexity index is 4950. The third-order valence-corrected chi connectivity index (χ3v) is 27.4. The van der Waals surface area contributed by atoms with Crippen molar-refractivity contribution in [3.05, 3.63) is 291 Å². The van der Waals surface area contributed by atoms with E-state index >= 15 is 0 Å². The van der Waals surface area contributed by atoms with Crippen molar-refractivity contribution < 1.29 is 25.8 Å². The maximum absolute atomic E-state index is 6.82. The Morgan fingerprint density at radius 3 is 1.62 bits per heavy atom. The van der Waals surface area contributed by atoms with Crippen LogP contribution in [0.2, 0.25) is 0 Å². The van der Waals surface area contributed by atoms with Crippen molar-refractivity contribution in [2.45, 2.75) is 52.4 Å². The van der Waals surface area contributed by atoms with Crippen LogP contribution in [0, 0.1) is 18.8 Å². The average Bonchev–Trinajstić information content (AvgIpc) is 1.94. The van der Waals surface area contributed by atoms with E-state index in [2.05, 4.69) is 311 Å². The van der Waals surface area contributed by atoms with Crippen molar-refractivity contribution in [1.82, 2.24) is 19.1 Å². The van der Waals surface area contributed by atoms with Crippen LogP contribution in [0.3, 0.4) is 0 Å². The van der Waals surface area contributed by atoms with Gasteiger partial charge in [-0.2, -0.15) is 6.07 Å². The Kier molecular flexibility index (Phi) is 14.0. The molecule has 0 unspecified atom stereocenters. The Balaban J connectivity index is 0.00000667. The van der Waals surface area contributed by atoms with Crippen LogP contribution < -0.4 is 27.2 Å². The number of ether oxygens (including phenoxy) is 1. The average molecular weight is 1370 g/mol. The number of rotatable bonds is 9. The van der Waals surface area contributed by atoms with Crippen LogP contribution in [-0.4, -0.2) is 32.4 Å². The van der Waals surface area contributed by atoms with E-state index in [9.17, 15) is 0 Å². The fourth-order valence-electron chi connectivity index (χ4n) is 13.3. The van der Waals surface area contributed by atoms with Gasteiger partial charge in [0.1, 0.15) is 5.82 Å². The minimum atomic E-state index is -3.82. The van der Waals surface area contributed by atoms with Crippen molar-refractivity contribution in [1.29, 1.82) is 0 Å². The molecule has 0 fully saturated rings. The van der Waals surface area contributed by atoms with Crippen LogP contribution in [0.4, 0.5) is 11.4 Å². The molecule has 87 heavy (non-hydrogen) atoms. The first-order valence-electron chi connectivity index (χ1n) is 29.6. The number of pyridine rings is 2. The second kappa shape index (κ2) is 21.9. The first-order chi connectivity index (χ1) is 41.9. The molecule has 6 nitrogen and oxygen atoms in total. The van der Waals surface area contributed by atoms with Gasteiger partial charge < -0.3 is 4.57 Å². The fourth-order valence-corrected chi connectivity index (χ4v) is 23.4. The van der Waals surface area contributed by atoms with E-state index in [0.717, 1.165) is 82.7 Å². The molecule has 8 heteroatoms. The Morgan fingerprint density at radius 2 is 1.00 bits per heavy atom. The molecule has 0 radical (unpaired) electrons. The molecule has 0 saturated heterocycles. The molecule has 15 rings (SSSR count). The summed E-state index contributed by atoms with van der Waals surface area (Å²) in [4.78, 5) is 12.0. The zero-order valence-corrected chi connectivity index (χ0v) is 53.7. The topological polar surface area (TPSA) is 48.1 Å².